The summed E-state index contributed by atoms with van der Waals surface area (Å²) >= 11 is 0. The first-order chi connectivity index (χ1) is 4.60. The van der Waals surface area contributed by atoms with E-state index in [2.05, 4.69) is 5.32 Å². The van der Waals surface area contributed by atoms with Gasteiger partial charge in [0.1, 0.15) is 0 Å². The Morgan fingerprint density at radius 2 is 2.10 bits per heavy atom. The molecule has 1 fully saturated rings. The van der Waals surface area contributed by atoms with Gasteiger partial charge in [-0.3, -0.25) is 4.79 Å². The summed E-state index contributed by atoms with van der Waals surface area (Å²) in [5, 5.41) is 2.70. The largest absolute Gasteiger partial charge is 0.356 e. The minimum absolute atomic E-state index is 0.0535. The van der Waals surface area contributed by atoms with Crippen LogP contribution >= 0.6 is 0 Å². The molecule has 0 aromatic heterocycles. The Labute approximate surface area is 59.9 Å². The Morgan fingerprint density at radius 3 is 2.80 bits per heavy atom. The Bertz CT molecular complexity index is 144. The van der Waals surface area contributed by atoms with Gasteiger partial charge in [-0.25, -0.2) is 0 Å². The van der Waals surface area contributed by atoms with E-state index in [1.54, 1.807) is 0 Å². The fourth-order valence-electron chi connectivity index (χ4n) is 0.994. The van der Waals surface area contributed by atoms with Crippen LogP contribution in [0.5, 0.6) is 0 Å². The van der Waals surface area contributed by atoms with Gasteiger partial charge >= 0.3 is 0 Å². The van der Waals surface area contributed by atoms with E-state index in [0.717, 1.165) is 0 Å². The number of nitrogens with two attached hydrogens (primary N) is 2. The summed E-state index contributed by atoms with van der Waals surface area (Å²) in [5.41, 5.74) is 10.6. The monoisotopic (exact) mass is 143 g/mol. The first kappa shape index (κ1) is 7.50. The highest BCUT2D eigenvalue weighted by molar-refractivity contribution is 5.76. The van der Waals surface area contributed by atoms with Crippen LogP contribution in [0.1, 0.15) is 19.3 Å². The van der Waals surface area contributed by atoms with Gasteiger partial charge in [-0.2, -0.15) is 0 Å². The molecule has 0 bridgehead atoms. The summed E-state index contributed by atoms with van der Waals surface area (Å²) in [4.78, 5) is 10.7. The van der Waals surface area contributed by atoms with Crippen LogP contribution in [0, 0.1) is 0 Å². The molecule has 0 atom stereocenters. The smallest absolute Gasteiger partial charge is 0.220 e. The van der Waals surface area contributed by atoms with E-state index in [1.165, 1.54) is 0 Å². The molecule has 58 valence electrons. The number of amides is 1. The lowest BCUT2D eigenvalue weighted by Crippen LogP contribution is -2.49. The van der Waals surface area contributed by atoms with E-state index in [0.29, 0.717) is 25.8 Å². The molecule has 0 spiro atoms. The molecule has 1 aliphatic heterocycles. The SMILES string of the molecule is NC1(N)CCNC(=O)CC1. The minimum atomic E-state index is -0.640. The third-order valence-corrected chi connectivity index (χ3v) is 1.73. The van der Waals surface area contributed by atoms with Crippen molar-refractivity contribution in [2.45, 2.75) is 24.9 Å². The van der Waals surface area contributed by atoms with Crippen molar-refractivity contribution in [3.05, 3.63) is 0 Å². The summed E-state index contributed by atoms with van der Waals surface area (Å²) < 4.78 is 0. The van der Waals surface area contributed by atoms with Crippen LogP contribution in [0.2, 0.25) is 0 Å². The van der Waals surface area contributed by atoms with Crippen LogP contribution in [-0.4, -0.2) is 18.1 Å². The average Bonchev–Trinajstić information content (AvgIpc) is 1.94. The van der Waals surface area contributed by atoms with Crippen molar-refractivity contribution in [2.75, 3.05) is 6.54 Å². The van der Waals surface area contributed by atoms with Crippen LogP contribution in [0.3, 0.4) is 0 Å². The van der Waals surface area contributed by atoms with Crippen molar-refractivity contribution in [1.29, 1.82) is 0 Å². The van der Waals surface area contributed by atoms with Gasteiger partial charge in [-0.15, -0.1) is 0 Å². The first-order valence-corrected chi connectivity index (χ1v) is 3.45. The van der Waals surface area contributed by atoms with Crippen molar-refractivity contribution in [1.82, 2.24) is 5.32 Å². The zero-order chi connectivity index (χ0) is 7.61. The van der Waals surface area contributed by atoms with Gasteiger partial charge in [0.2, 0.25) is 5.91 Å². The molecule has 1 aliphatic rings. The van der Waals surface area contributed by atoms with Crippen LogP contribution in [0.25, 0.3) is 0 Å². The van der Waals surface area contributed by atoms with E-state index in [4.69, 9.17) is 11.5 Å². The predicted molar refractivity (Wildman–Crippen MR) is 38.0 cm³/mol. The maximum Gasteiger partial charge on any atom is 0.220 e. The van der Waals surface area contributed by atoms with E-state index in [1.807, 2.05) is 0 Å². The van der Waals surface area contributed by atoms with Crippen molar-refractivity contribution in [3.8, 4) is 0 Å². The molecule has 5 N–H and O–H groups in total. The molecular formula is C6H13N3O. The van der Waals surface area contributed by atoms with Crippen LogP contribution in [-0.2, 0) is 4.79 Å². The third-order valence-electron chi connectivity index (χ3n) is 1.73. The van der Waals surface area contributed by atoms with E-state index in [9.17, 15) is 4.79 Å². The summed E-state index contributed by atoms with van der Waals surface area (Å²) in [6.07, 6.45) is 1.70. The average molecular weight is 143 g/mol. The molecule has 0 aliphatic carbocycles. The Hall–Kier alpha value is -0.610. The molecule has 0 saturated carbocycles. The summed E-state index contributed by atoms with van der Waals surface area (Å²) in [6, 6.07) is 0. The molecule has 0 unspecified atom stereocenters. The van der Waals surface area contributed by atoms with E-state index >= 15 is 0 Å². The molecular weight excluding hydrogens is 130 g/mol. The van der Waals surface area contributed by atoms with Gasteiger partial charge in [-0.1, -0.05) is 0 Å². The zero-order valence-corrected chi connectivity index (χ0v) is 5.89. The van der Waals surface area contributed by atoms with Gasteiger partial charge < -0.3 is 16.8 Å². The standard InChI is InChI=1S/C6H13N3O/c7-6(8)2-1-5(10)9-4-3-6/h1-4,7-8H2,(H,9,10). The second-order valence-corrected chi connectivity index (χ2v) is 2.83. The Balaban J connectivity index is 2.48. The predicted octanol–water partition coefficient (Wildman–Crippen LogP) is -1.10. The lowest BCUT2D eigenvalue weighted by atomic mass is 10.0. The van der Waals surface area contributed by atoms with E-state index in [-0.39, 0.29) is 5.91 Å². The van der Waals surface area contributed by atoms with Crippen molar-refractivity contribution in [3.63, 3.8) is 0 Å². The lowest BCUT2D eigenvalue weighted by Gasteiger charge is -2.20. The summed E-state index contributed by atoms with van der Waals surface area (Å²) in [6.45, 7) is 0.603. The molecule has 1 amide bonds. The zero-order valence-electron chi connectivity index (χ0n) is 5.89. The van der Waals surface area contributed by atoms with Crippen molar-refractivity contribution < 1.29 is 4.79 Å². The fourth-order valence-corrected chi connectivity index (χ4v) is 0.994. The summed E-state index contributed by atoms with van der Waals surface area (Å²) in [5.74, 6) is 0.0535. The van der Waals surface area contributed by atoms with Gasteiger partial charge in [0.15, 0.2) is 0 Å². The Kier molecular flexibility index (Phi) is 1.92. The maximum absolute atomic E-state index is 10.7. The third kappa shape index (κ3) is 1.97. The molecule has 0 aromatic rings. The van der Waals surface area contributed by atoms with Gasteiger partial charge in [0.25, 0.3) is 0 Å². The number of hydrogen-bond acceptors (Lipinski definition) is 3. The molecule has 4 nitrogen and oxygen atoms in total. The number of rotatable bonds is 0. The maximum atomic E-state index is 10.7. The number of hydrogen-bond donors (Lipinski definition) is 3. The lowest BCUT2D eigenvalue weighted by molar-refractivity contribution is -0.120. The highest BCUT2D eigenvalue weighted by Crippen LogP contribution is 2.09. The molecule has 1 rings (SSSR count). The van der Waals surface area contributed by atoms with Crippen LogP contribution < -0.4 is 16.8 Å². The molecule has 10 heavy (non-hydrogen) atoms. The highest BCUT2D eigenvalue weighted by Gasteiger charge is 2.23. The molecule has 1 heterocycles. The van der Waals surface area contributed by atoms with Crippen LogP contribution in [0.4, 0.5) is 0 Å². The van der Waals surface area contributed by atoms with Crippen molar-refractivity contribution in [2.24, 2.45) is 11.5 Å². The first-order valence-electron chi connectivity index (χ1n) is 3.45. The second-order valence-electron chi connectivity index (χ2n) is 2.83. The topological polar surface area (TPSA) is 81.1 Å². The number of carbonyl (C=O) groups excluding carboxylic acids is 1. The summed E-state index contributed by atoms with van der Waals surface area (Å²) in [7, 11) is 0. The van der Waals surface area contributed by atoms with Gasteiger partial charge in [0, 0.05) is 13.0 Å². The fraction of sp³-hybridized carbons (Fsp3) is 0.833. The highest BCUT2D eigenvalue weighted by atomic mass is 16.1. The molecule has 4 heteroatoms. The molecule has 0 radical (unpaired) electrons. The number of carbonyl (C=O) groups is 1. The normalized spacial score (nSPS) is 25.2. The second kappa shape index (κ2) is 2.56. The quantitative estimate of drug-likeness (QED) is 0.376. The van der Waals surface area contributed by atoms with Crippen molar-refractivity contribution >= 4 is 5.91 Å². The van der Waals surface area contributed by atoms with Crippen LogP contribution in [0.15, 0.2) is 0 Å². The van der Waals surface area contributed by atoms with E-state index < -0.39 is 5.66 Å². The van der Waals surface area contributed by atoms with Gasteiger partial charge in [0.05, 0.1) is 5.66 Å². The van der Waals surface area contributed by atoms with Gasteiger partial charge in [-0.05, 0) is 12.8 Å². The molecule has 1 saturated heterocycles. The Morgan fingerprint density at radius 1 is 1.40 bits per heavy atom. The minimum Gasteiger partial charge on any atom is -0.356 e. The molecule has 0 aromatic carbocycles. The number of nitrogens with one attached hydrogen (secondary N) is 1.